The molecule has 3 heterocycles. The molecule has 1 saturated heterocycles. The Bertz CT molecular complexity index is 1390. The molecule has 4 atom stereocenters. The van der Waals surface area contributed by atoms with Gasteiger partial charge in [-0.2, -0.15) is 14.4 Å². The SMILES string of the molecule is C#C[C@]1(OC(=O)C(C)CCCCC)O[C@@H](n2cnc3c(NC(=O)CCCCCCCCC)nc(F)nc32)C[C@@H]1O[Si](C)(C)C(C)(C)C. The Labute approximate surface area is 281 Å². The highest BCUT2D eigenvalue weighted by Crippen LogP contribution is 2.46. The van der Waals surface area contributed by atoms with E-state index in [0.29, 0.717) is 12.8 Å². The molecule has 3 rings (SSSR count). The van der Waals surface area contributed by atoms with Crippen LogP contribution in [0.3, 0.4) is 0 Å². The van der Waals surface area contributed by atoms with Crippen molar-refractivity contribution in [3.05, 3.63) is 12.4 Å². The van der Waals surface area contributed by atoms with Crippen LogP contribution in [-0.4, -0.2) is 51.6 Å². The van der Waals surface area contributed by atoms with Gasteiger partial charge in [-0.1, -0.05) is 99.3 Å². The van der Waals surface area contributed by atoms with Crippen LogP contribution in [0.15, 0.2) is 6.33 Å². The zero-order valence-electron chi connectivity index (χ0n) is 29.8. The van der Waals surface area contributed by atoms with Crippen molar-refractivity contribution in [2.75, 3.05) is 5.32 Å². The molecular formula is C35H56FN5O5Si. The van der Waals surface area contributed by atoms with Gasteiger partial charge in [0.15, 0.2) is 25.3 Å². The number of ether oxygens (including phenoxy) is 2. The molecule has 1 amide bonds. The highest BCUT2D eigenvalue weighted by Gasteiger charge is 2.56. The van der Waals surface area contributed by atoms with Crippen LogP contribution in [0.1, 0.15) is 131 Å². The van der Waals surface area contributed by atoms with E-state index in [1.807, 2.05) is 6.92 Å². The maximum absolute atomic E-state index is 14.8. The molecule has 12 heteroatoms. The third-order valence-corrected chi connectivity index (χ3v) is 13.9. The Hall–Kier alpha value is -2.88. The van der Waals surface area contributed by atoms with E-state index < -0.39 is 38.5 Å². The molecule has 1 aliphatic heterocycles. The lowest BCUT2D eigenvalue weighted by Gasteiger charge is -2.41. The van der Waals surface area contributed by atoms with E-state index >= 15 is 0 Å². The lowest BCUT2D eigenvalue weighted by Crippen LogP contribution is -2.52. The van der Waals surface area contributed by atoms with Crippen molar-refractivity contribution in [2.24, 2.45) is 5.92 Å². The molecule has 0 aliphatic carbocycles. The van der Waals surface area contributed by atoms with Gasteiger partial charge in [0.2, 0.25) is 5.91 Å². The first-order valence-electron chi connectivity index (χ1n) is 17.4. The molecule has 2 aromatic heterocycles. The second-order valence-electron chi connectivity index (χ2n) is 14.4. The maximum Gasteiger partial charge on any atom is 0.312 e. The number of anilines is 1. The molecule has 262 valence electrons. The summed E-state index contributed by atoms with van der Waals surface area (Å²) in [5, 5.41) is 2.55. The molecular weight excluding hydrogens is 617 g/mol. The number of fused-ring (bicyclic) bond motifs is 1. The van der Waals surface area contributed by atoms with E-state index in [9.17, 15) is 14.0 Å². The molecule has 1 aliphatic rings. The van der Waals surface area contributed by atoms with Gasteiger partial charge in [0.1, 0.15) is 12.3 Å². The average molecular weight is 674 g/mol. The number of aromatic nitrogens is 4. The average Bonchev–Trinajstić information content (AvgIpc) is 3.57. The largest absolute Gasteiger partial charge is 0.418 e. The highest BCUT2D eigenvalue weighted by atomic mass is 28.4. The number of halogens is 1. The summed E-state index contributed by atoms with van der Waals surface area (Å²) in [5.41, 5.74) is 0.330. The Morgan fingerprint density at radius 1 is 1.13 bits per heavy atom. The van der Waals surface area contributed by atoms with Crippen molar-refractivity contribution in [2.45, 2.75) is 161 Å². The van der Waals surface area contributed by atoms with Crippen LogP contribution in [0.25, 0.3) is 11.2 Å². The summed E-state index contributed by atoms with van der Waals surface area (Å²) in [6.07, 6.45) is 16.5. The van der Waals surface area contributed by atoms with Crippen LogP contribution in [-0.2, 0) is 23.5 Å². The summed E-state index contributed by atoms with van der Waals surface area (Å²) in [4.78, 5) is 38.4. The molecule has 0 bridgehead atoms. The van der Waals surface area contributed by atoms with Crippen molar-refractivity contribution in [1.29, 1.82) is 0 Å². The van der Waals surface area contributed by atoms with Crippen molar-refractivity contribution >= 4 is 37.2 Å². The van der Waals surface area contributed by atoms with Gasteiger partial charge >= 0.3 is 17.8 Å². The van der Waals surface area contributed by atoms with Gasteiger partial charge in [-0.15, -0.1) is 6.42 Å². The summed E-state index contributed by atoms with van der Waals surface area (Å²) in [6.45, 7) is 16.6. The van der Waals surface area contributed by atoms with Gasteiger partial charge in [-0.05, 0) is 36.9 Å². The van der Waals surface area contributed by atoms with Gasteiger partial charge in [-0.25, -0.2) is 4.98 Å². The molecule has 2 aromatic rings. The predicted molar refractivity (Wildman–Crippen MR) is 184 cm³/mol. The van der Waals surface area contributed by atoms with Crippen LogP contribution < -0.4 is 5.32 Å². The molecule has 0 saturated carbocycles. The Balaban J connectivity index is 1.85. The number of hydrogen-bond acceptors (Lipinski definition) is 8. The number of carbonyl (C=O) groups is 2. The molecule has 1 N–H and O–H groups in total. The van der Waals surface area contributed by atoms with Gasteiger partial charge in [-0.3, -0.25) is 14.2 Å². The minimum absolute atomic E-state index is 0.0122. The Kier molecular flexibility index (Phi) is 13.9. The molecule has 1 fully saturated rings. The number of esters is 1. The van der Waals surface area contributed by atoms with Gasteiger partial charge in [0, 0.05) is 12.8 Å². The van der Waals surface area contributed by atoms with Crippen LogP contribution >= 0.6 is 0 Å². The third-order valence-electron chi connectivity index (χ3n) is 9.46. The normalized spacial score (nSPS) is 20.7. The van der Waals surface area contributed by atoms with Crippen LogP contribution in [0, 0.1) is 24.3 Å². The number of carbonyl (C=O) groups excluding carboxylic acids is 2. The maximum atomic E-state index is 14.8. The zero-order chi connectivity index (χ0) is 34.8. The second kappa shape index (κ2) is 17.0. The van der Waals surface area contributed by atoms with Crippen molar-refractivity contribution in [1.82, 2.24) is 19.5 Å². The first-order valence-corrected chi connectivity index (χ1v) is 20.3. The summed E-state index contributed by atoms with van der Waals surface area (Å²) in [6, 6.07) is 0. The van der Waals surface area contributed by atoms with E-state index in [1.54, 1.807) is 0 Å². The standard InChI is InChI=1S/C35H56FN5O5Si/c1-10-13-15-16-17-18-20-22-27(42)38-30-29-31(40-33(36)39-30)41(24-37-29)28-23-26(46-47(8,9)34(5,6)7)35(12-3,44-28)45-32(43)25(4)21-19-14-11-2/h3,24-26,28H,10-11,13-23H2,1-2,4-9H3,(H,38,39,40,42)/t25?,26-,28+,35+/m0/s1. The van der Waals surface area contributed by atoms with Crippen molar-refractivity contribution in [3.8, 4) is 12.3 Å². The number of imidazole rings is 1. The molecule has 0 aromatic carbocycles. The minimum atomic E-state index is -2.43. The Morgan fingerprint density at radius 2 is 1.77 bits per heavy atom. The molecule has 0 radical (unpaired) electrons. The zero-order valence-corrected chi connectivity index (χ0v) is 30.8. The monoisotopic (exact) mass is 673 g/mol. The number of nitrogens with zero attached hydrogens (tertiary/aromatic N) is 4. The van der Waals surface area contributed by atoms with E-state index in [1.165, 1.54) is 30.2 Å². The van der Waals surface area contributed by atoms with Crippen LogP contribution in [0.5, 0.6) is 0 Å². The summed E-state index contributed by atoms with van der Waals surface area (Å²) in [5.74, 6) is -0.318. The lowest BCUT2D eigenvalue weighted by molar-refractivity contribution is -0.227. The second-order valence-corrected chi connectivity index (χ2v) is 19.1. The molecule has 47 heavy (non-hydrogen) atoms. The van der Waals surface area contributed by atoms with Gasteiger partial charge in [0.05, 0.1) is 12.2 Å². The number of nitrogens with one attached hydrogen (secondary N) is 1. The first-order chi connectivity index (χ1) is 22.2. The number of hydrogen-bond donors (Lipinski definition) is 1. The summed E-state index contributed by atoms with van der Waals surface area (Å²) >= 11 is 0. The van der Waals surface area contributed by atoms with Crippen LogP contribution in [0.4, 0.5) is 10.2 Å². The Morgan fingerprint density at radius 3 is 2.40 bits per heavy atom. The summed E-state index contributed by atoms with van der Waals surface area (Å²) in [7, 11) is -2.43. The third kappa shape index (κ3) is 10.1. The first kappa shape index (κ1) is 38.6. The van der Waals surface area contributed by atoms with Gasteiger partial charge < -0.3 is 19.2 Å². The van der Waals surface area contributed by atoms with E-state index in [-0.39, 0.29) is 40.3 Å². The van der Waals surface area contributed by atoms with Crippen molar-refractivity contribution < 1.29 is 27.9 Å². The number of unbranched alkanes of at least 4 members (excludes halogenated alkanes) is 8. The smallest absolute Gasteiger partial charge is 0.312 e. The number of terminal acetylenes is 1. The quantitative estimate of drug-likeness (QED) is 0.0551. The molecule has 10 nitrogen and oxygen atoms in total. The lowest BCUT2D eigenvalue weighted by atomic mass is 10.0. The number of amides is 1. The summed E-state index contributed by atoms with van der Waals surface area (Å²) < 4.78 is 35.5. The minimum Gasteiger partial charge on any atom is -0.418 e. The fourth-order valence-corrected chi connectivity index (χ4v) is 6.75. The fourth-order valence-electron chi connectivity index (χ4n) is 5.43. The van der Waals surface area contributed by atoms with E-state index in [2.05, 4.69) is 73.9 Å². The highest BCUT2D eigenvalue weighted by molar-refractivity contribution is 6.74. The molecule has 1 unspecified atom stereocenters. The molecule has 0 spiro atoms. The van der Waals surface area contributed by atoms with E-state index in [4.69, 9.17) is 20.3 Å². The predicted octanol–water partition coefficient (Wildman–Crippen LogP) is 8.44. The van der Waals surface area contributed by atoms with E-state index in [0.717, 1.165) is 44.9 Å². The topological polar surface area (TPSA) is 117 Å². The fraction of sp³-hybridized carbons (Fsp3) is 0.743. The number of rotatable bonds is 18. The van der Waals surface area contributed by atoms with Gasteiger partial charge in [0.25, 0.3) is 0 Å². The van der Waals surface area contributed by atoms with Crippen LogP contribution in [0.2, 0.25) is 18.1 Å². The van der Waals surface area contributed by atoms with Crippen molar-refractivity contribution in [3.63, 3.8) is 0 Å².